The minimum Gasteiger partial charge on any atom is -0.508 e. The summed E-state index contributed by atoms with van der Waals surface area (Å²) in [4.78, 5) is 17.0. The van der Waals surface area contributed by atoms with Crippen LogP contribution in [0.25, 0.3) is 11.0 Å². The Morgan fingerprint density at radius 1 is 1.17 bits per heavy atom. The lowest BCUT2D eigenvalue weighted by atomic mass is 9.92. The van der Waals surface area contributed by atoms with Crippen molar-refractivity contribution >= 4 is 22.8 Å². The van der Waals surface area contributed by atoms with E-state index in [1.165, 1.54) is 0 Å². The predicted octanol–water partition coefficient (Wildman–Crippen LogP) is 3.62. The van der Waals surface area contributed by atoms with Crippen molar-refractivity contribution in [1.29, 1.82) is 0 Å². The molecule has 5 heteroatoms. The van der Waals surface area contributed by atoms with Crippen LogP contribution in [0.1, 0.15) is 25.5 Å². The number of rotatable bonds is 2. The number of ketones is 1. The number of fused-ring (bicyclic) bond motifs is 3. The Morgan fingerprint density at radius 2 is 1.88 bits per heavy atom. The van der Waals surface area contributed by atoms with Crippen LogP contribution in [0.3, 0.4) is 0 Å². The molecule has 4 rings (SSSR count). The number of phenolic OH excluding ortho intramolecular Hbond substituents is 1. The molecule has 3 aromatic rings. The summed E-state index contributed by atoms with van der Waals surface area (Å²) in [6.07, 6.45) is 0. The lowest BCUT2D eigenvalue weighted by molar-refractivity contribution is -0.114. The molecule has 5 nitrogen and oxygen atoms in total. The molecule has 0 bridgehead atoms. The third-order valence-corrected chi connectivity index (χ3v) is 4.42. The van der Waals surface area contributed by atoms with Crippen molar-refractivity contribution in [3.05, 3.63) is 65.4 Å². The highest BCUT2D eigenvalue weighted by atomic mass is 16.3. The molecule has 0 saturated heterocycles. The molecule has 2 N–H and O–H groups in total. The van der Waals surface area contributed by atoms with E-state index in [4.69, 9.17) is 0 Å². The minimum absolute atomic E-state index is 0.0153. The van der Waals surface area contributed by atoms with Crippen molar-refractivity contribution in [3.63, 3.8) is 0 Å². The third kappa shape index (κ3) is 2.09. The fraction of sp³-hybridized carbons (Fsp3) is 0.158. The van der Waals surface area contributed by atoms with Crippen LogP contribution in [-0.4, -0.2) is 20.4 Å². The summed E-state index contributed by atoms with van der Waals surface area (Å²) in [6, 6.07) is 14.6. The molecule has 1 aromatic heterocycles. The summed E-state index contributed by atoms with van der Waals surface area (Å²) in [5, 5.41) is 12.9. The summed E-state index contributed by atoms with van der Waals surface area (Å²) in [7, 11) is 0. The van der Waals surface area contributed by atoms with Crippen LogP contribution in [0.2, 0.25) is 0 Å². The van der Waals surface area contributed by atoms with Crippen molar-refractivity contribution in [2.45, 2.75) is 19.9 Å². The molecule has 0 spiro atoms. The Balaban J connectivity index is 2.03. The molecule has 0 fully saturated rings. The van der Waals surface area contributed by atoms with E-state index in [0.29, 0.717) is 5.57 Å². The zero-order valence-corrected chi connectivity index (χ0v) is 13.4. The molecule has 0 unspecified atom stereocenters. The molecule has 0 amide bonds. The SMILES string of the molecule is CC(=O)C1=C(C)Nc2nc3ccccc3n2[C@@H]1c1ccc(O)cc1. The molecule has 0 saturated carbocycles. The van der Waals surface area contributed by atoms with Crippen molar-refractivity contribution in [2.24, 2.45) is 0 Å². The lowest BCUT2D eigenvalue weighted by Crippen LogP contribution is -2.26. The van der Waals surface area contributed by atoms with Gasteiger partial charge in [0.1, 0.15) is 5.75 Å². The number of nitrogens with one attached hydrogen (secondary N) is 1. The van der Waals surface area contributed by atoms with Gasteiger partial charge in [-0.25, -0.2) is 4.98 Å². The van der Waals surface area contributed by atoms with Gasteiger partial charge in [0, 0.05) is 11.3 Å². The fourth-order valence-electron chi connectivity index (χ4n) is 3.39. The Labute approximate surface area is 139 Å². The van der Waals surface area contributed by atoms with Gasteiger partial charge in [-0.2, -0.15) is 0 Å². The second-order valence-corrected chi connectivity index (χ2v) is 6.01. The largest absolute Gasteiger partial charge is 0.508 e. The number of benzene rings is 2. The molecule has 2 heterocycles. The summed E-state index contributed by atoms with van der Waals surface area (Å²) >= 11 is 0. The lowest BCUT2D eigenvalue weighted by Gasteiger charge is -2.30. The average molecular weight is 319 g/mol. The Bertz CT molecular complexity index is 984. The van der Waals surface area contributed by atoms with Gasteiger partial charge in [-0.05, 0) is 43.7 Å². The normalized spacial score (nSPS) is 16.8. The van der Waals surface area contributed by atoms with E-state index in [1.54, 1.807) is 19.1 Å². The second kappa shape index (κ2) is 5.23. The van der Waals surface area contributed by atoms with Gasteiger partial charge in [0.15, 0.2) is 5.78 Å². The molecule has 1 aliphatic rings. The first-order valence-electron chi connectivity index (χ1n) is 7.81. The van der Waals surface area contributed by atoms with Crippen LogP contribution >= 0.6 is 0 Å². The number of allylic oxidation sites excluding steroid dienone is 2. The summed E-state index contributed by atoms with van der Waals surface area (Å²) in [6.45, 7) is 3.48. The molecule has 1 atom stereocenters. The molecule has 120 valence electrons. The maximum Gasteiger partial charge on any atom is 0.209 e. The number of hydrogen-bond donors (Lipinski definition) is 2. The summed E-state index contributed by atoms with van der Waals surface area (Å²) in [5.41, 5.74) is 4.29. The van der Waals surface area contributed by atoms with E-state index < -0.39 is 0 Å². The van der Waals surface area contributed by atoms with Gasteiger partial charge >= 0.3 is 0 Å². The number of nitrogens with zero attached hydrogens (tertiary/aromatic N) is 2. The van der Waals surface area contributed by atoms with Gasteiger partial charge < -0.3 is 10.4 Å². The predicted molar refractivity (Wildman–Crippen MR) is 93.0 cm³/mol. The van der Waals surface area contributed by atoms with Gasteiger partial charge in [0.25, 0.3) is 0 Å². The molecule has 0 radical (unpaired) electrons. The van der Waals surface area contributed by atoms with E-state index in [2.05, 4.69) is 10.3 Å². The topological polar surface area (TPSA) is 67.2 Å². The number of carbonyl (C=O) groups excluding carboxylic acids is 1. The van der Waals surface area contributed by atoms with Crippen molar-refractivity contribution in [1.82, 2.24) is 9.55 Å². The van der Waals surface area contributed by atoms with Crippen molar-refractivity contribution in [3.8, 4) is 5.75 Å². The van der Waals surface area contributed by atoms with Crippen molar-refractivity contribution < 1.29 is 9.90 Å². The maximum absolute atomic E-state index is 12.3. The van der Waals surface area contributed by atoms with Crippen LogP contribution in [0.15, 0.2) is 59.8 Å². The van der Waals surface area contributed by atoms with E-state index in [1.807, 2.05) is 47.9 Å². The summed E-state index contributed by atoms with van der Waals surface area (Å²) < 4.78 is 2.05. The highest BCUT2D eigenvalue weighted by Crippen LogP contribution is 2.39. The Kier molecular flexibility index (Phi) is 3.16. The fourth-order valence-corrected chi connectivity index (χ4v) is 3.39. The second-order valence-electron chi connectivity index (χ2n) is 6.01. The number of phenols is 1. The standard InChI is InChI=1S/C19H17N3O2/c1-11-17(12(2)23)18(13-7-9-14(24)10-8-13)22-16-6-4-3-5-15(16)21-19(22)20-11/h3-10,18,24H,1-2H3,(H,20,21)/t18-/m1/s1. The first-order valence-corrected chi connectivity index (χ1v) is 7.81. The average Bonchev–Trinajstić information content (AvgIpc) is 2.92. The van der Waals surface area contributed by atoms with E-state index >= 15 is 0 Å². The van der Waals surface area contributed by atoms with E-state index in [9.17, 15) is 9.90 Å². The number of anilines is 1. The minimum atomic E-state index is -0.272. The van der Waals surface area contributed by atoms with Gasteiger partial charge in [-0.1, -0.05) is 24.3 Å². The number of imidazole rings is 1. The number of aromatic hydroxyl groups is 1. The molecule has 1 aliphatic heterocycles. The molecule has 0 aliphatic carbocycles. The van der Waals surface area contributed by atoms with Crippen LogP contribution in [0.5, 0.6) is 5.75 Å². The smallest absolute Gasteiger partial charge is 0.209 e. The van der Waals surface area contributed by atoms with Gasteiger partial charge in [0.05, 0.1) is 17.1 Å². The monoisotopic (exact) mass is 319 g/mol. The van der Waals surface area contributed by atoms with Crippen LogP contribution in [0, 0.1) is 0 Å². The highest BCUT2D eigenvalue weighted by molar-refractivity contribution is 5.97. The van der Waals surface area contributed by atoms with Crippen LogP contribution < -0.4 is 5.32 Å². The number of aromatic nitrogens is 2. The first-order chi connectivity index (χ1) is 11.6. The third-order valence-electron chi connectivity index (χ3n) is 4.42. The number of Topliss-reactive ketones (excluding diaryl/α,β-unsaturated/α-hetero) is 1. The number of hydrogen-bond acceptors (Lipinski definition) is 4. The molecule has 2 aromatic carbocycles. The van der Waals surface area contributed by atoms with E-state index in [0.717, 1.165) is 28.2 Å². The first kappa shape index (κ1) is 14.5. The molecular formula is C19H17N3O2. The maximum atomic E-state index is 12.3. The van der Waals surface area contributed by atoms with Gasteiger partial charge in [-0.3, -0.25) is 9.36 Å². The Hall–Kier alpha value is -3.08. The molecular weight excluding hydrogens is 302 g/mol. The number of para-hydroxylation sites is 2. The van der Waals surface area contributed by atoms with Gasteiger partial charge in [0.2, 0.25) is 5.95 Å². The molecule has 24 heavy (non-hydrogen) atoms. The van der Waals surface area contributed by atoms with Crippen molar-refractivity contribution in [2.75, 3.05) is 5.32 Å². The highest BCUT2D eigenvalue weighted by Gasteiger charge is 2.32. The number of carbonyl (C=O) groups is 1. The Morgan fingerprint density at radius 3 is 2.58 bits per heavy atom. The summed E-state index contributed by atoms with van der Waals surface area (Å²) in [5.74, 6) is 0.937. The zero-order valence-electron chi connectivity index (χ0n) is 13.4. The van der Waals surface area contributed by atoms with Crippen LogP contribution in [-0.2, 0) is 4.79 Å². The zero-order chi connectivity index (χ0) is 16.8. The van der Waals surface area contributed by atoms with E-state index in [-0.39, 0.29) is 17.6 Å². The quantitative estimate of drug-likeness (QED) is 0.757. The van der Waals surface area contributed by atoms with Gasteiger partial charge in [-0.15, -0.1) is 0 Å². The van der Waals surface area contributed by atoms with Crippen LogP contribution in [0.4, 0.5) is 5.95 Å².